The Balaban J connectivity index is 1.75. The fourth-order valence-electron chi connectivity index (χ4n) is 3.59. The molecule has 0 bridgehead atoms. The third kappa shape index (κ3) is 5.80. The number of carboxylic acid groups (broad SMARTS) is 1. The number of aromatic nitrogens is 2. The van der Waals surface area contributed by atoms with Crippen molar-refractivity contribution in [3.05, 3.63) is 41.8 Å². The van der Waals surface area contributed by atoms with Crippen LogP contribution in [0.4, 0.5) is 18.0 Å². The molecule has 1 saturated heterocycles. The number of allylic oxidation sites excluding steroid dienone is 1. The largest absolute Gasteiger partial charge is 0.489 e. The first-order valence-corrected chi connectivity index (χ1v) is 10.6. The Hall–Kier alpha value is -3.04. The van der Waals surface area contributed by atoms with Crippen molar-refractivity contribution in [2.24, 2.45) is 0 Å². The number of ether oxygens (including phenoxy) is 1. The molecule has 7 nitrogen and oxygen atoms in total. The summed E-state index contributed by atoms with van der Waals surface area (Å²) >= 11 is 0. The number of hydrogen-bond donors (Lipinski definition) is 1. The number of carbonyl (C=O) groups is 1. The number of nitrogens with zero attached hydrogens (tertiary/aromatic N) is 3. The van der Waals surface area contributed by atoms with E-state index in [-0.39, 0.29) is 29.6 Å². The van der Waals surface area contributed by atoms with Gasteiger partial charge in [0.25, 0.3) is 0 Å². The van der Waals surface area contributed by atoms with Crippen LogP contribution in [0, 0.1) is 0 Å². The standard InChI is InChI=1S/C22H26F3N3O4/c1-2-3-4-5-6-7-13-31-18-11-10-15(14-16(18)22(23,24)25)19-26-20(32-27-19)17-9-8-12-28(17)21(29)30/h6-7,10-11,14,17H,2-5,8-9,12-13H2,1H3,(H,29,30)/t17-/m0/s1. The molecule has 1 aliphatic rings. The monoisotopic (exact) mass is 453 g/mol. The van der Waals surface area contributed by atoms with Gasteiger partial charge in [0.1, 0.15) is 18.4 Å². The van der Waals surface area contributed by atoms with E-state index in [0.717, 1.165) is 31.7 Å². The Labute approximate surface area is 183 Å². The van der Waals surface area contributed by atoms with Crippen LogP contribution in [0.5, 0.6) is 5.75 Å². The van der Waals surface area contributed by atoms with Crippen LogP contribution in [0.1, 0.15) is 62.9 Å². The fraction of sp³-hybridized carbons (Fsp3) is 0.500. The molecule has 1 amide bonds. The van der Waals surface area contributed by atoms with Crippen LogP contribution < -0.4 is 4.74 Å². The third-order valence-corrected chi connectivity index (χ3v) is 5.24. The van der Waals surface area contributed by atoms with Crippen LogP contribution in [0.25, 0.3) is 11.4 Å². The molecule has 1 aromatic heterocycles. The van der Waals surface area contributed by atoms with Gasteiger partial charge in [-0.2, -0.15) is 18.2 Å². The van der Waals surface area contributed by atoms with Gasteiger partial charge in [0.15, 0.2) is 0 Å². The van der Waals surface area contributed by atoms with E-state index in [4.69, 9.17) is 9.26 Å². The summed E-state index contributed by atoms with van der Waals surface area (Å²) in [6.45, 7) is 2.48. The van der Waals surface area contributed by atoms with Gasteiger partial charge < -0.3 is 14.4 Å². The maximum absolute atomic E-state index is 13.6. The Morgan fingerprint density at radius 3 is 2.88 bits per heavy atom. The van der Waals surface area contributed by atoms with Gasteiger partial charge in [0.05, 0.1) is 5.56 Å². The first-order chi connectivity index (χ1) is 15.3. The summed E-state index contributed by atoms with van der Waals surface area (Å²) in [5.74, 6) is -0.247. The van der Waals surface area contributed by atoms with Gasteiger partial charge in [-0.3, -0.25) is 4.90 Å². The summed E-state index contributed by atoms with van der Waals surface area (Å²) in [6.07, 6.45) is 3.15. The van der Waals surface area contributed by atoms with Crippen molar-refractivity contribution >= 4 is 6.09 Å². The minimum atomic E-state index is -4.63. The van der Waals surface area contributed by atoms with Crippen molar-refractivity contribution in [1.82, 2.24) is 15.0 Å². The maximum atomic E-state index is 13.6. The number of likely N-dealkylation sites (tertiary alicyclic amines) is 1. The van der Waals surface area contributed by atoms with Gasteiger partial charge in [-0.15, -0.1) is 0 Å². The normalized spacial score (nSPS) is 16.8. The van der Waals surface area contributed by atoms with Crippen molar-refractivity contribution in [2.45, 2.75) is 57.7 Å². The lowest BCUT2D eigenvalue weighted by molar-refractivity contribution is -0.138. The second-order valence-electron chi connectivity index (χ2n) is 7.58. The summed E-state index contributed by atoms with van der Waals surface area (Å²) in [7, 11) is 0. The van der Waals surface area contributed by atoms with Gasteiger partial charge in [-0.05, 0) is 43.9 Å². The number of halogens is 3. The summed E-state index contributed by atoms with van der Waals surface area (Å²) in [5.41, 5.74) is -0.830. The van der Waals surface area contributed by atoms with Crippen LogP contribution in [0.2, 0.25) is 0 Å². The molecular formula is C22H26F3N3O4. The molecule has 1 atom stereocenters. The minimum Gasteiger partial charge on any atom is -0.489 e. The van der Waals surface area contributed by atoms with Crippen molar-refractivity contribution in [3.63, 3.8) is 0 Å². The zero-order valence-electron chi connectivity index (χ0n) is 17.8. The van der Waals surface area contributed by atoms with Crippen molar-refractivity contribution in [3.8, 4) is 17.1 Å². The smallest absolute Gasteiger partial charge is 0.419 e. The highest BCUT2D eigenvalue weighted by Gasteiger charge is 2.36. The molecule has 1 N–H and O–H groups in total. The zero-order chi connectivity index (χ0) is 23.1. The quantitative estimate of drug-likeness (QED) is 0.365. The lowest BCUT2D eigenvalue weighted by Crippen LogP contribution is -2.28. The van der Waals surface area contributed by atoms with E-state index in [0.29, 0.717) is 19.4 Å². The van der Waals surface area contributed by atoms with Crippen LogP contribution in [-0.2, 0) is 6.18 Å². The van der Waals surface area contributed by atoms with Gasteiger partial charge >= 0.3 is 12.3 Å². The second-order valence-corrected chi connectivity index (χ2v) is 7.58. The number of alkyl halides is 3. The van der Waals surface area contributed by atoms with Crippen LogP contribution in [0.15, 0.2) is 34.9 Å². The van der Waals surface area contributed by atoms with E-state index >= 15 is 0 Å². The Kier molecular flexibility index (Phi) is 7.76. The van der Waals surface area contributed by atoms with E-state index in [1.165, 1.54) is 17.0 Å². The van der Waals surface area contributed by atoms with Crippen molar-refractivity contribution < 1.29 is 32.3 Å². The molecule has 1 aromatic carbocycles. The van der Waals surface area contributed by atoms with Crippen LogP contribution in [-0.4, -0.2) is 39.4 Å². The lowest BCUT2D eigenvalue weighted by atomic mass is 10.1. The molecule has 0 radical (unpaired) electrons. The highest BCUT2D eigenvalue weighted by molar-refractivity contribution is 5.66. The van der Waals surface area contributed by atoms with Gasteiger partial charge in [0, 0.05) is 12.1 Å². The zero-order valence-corrected chi connectivity index (χ0v) is 17.8. The minimum absolute atomic E-state index is 0.0353. The molecule has 2 heterocycles. The van der Waals surface area contributed by atoms with Gasteiger partial charge in [-0.1, -0.05) is 37.1 Å². The Bertz CT molecular complexity index is 943. The van der Waals surface area contributed by atoms with E-state index in [1.54, 1.807) is 6.08 Å². The SMILES string of the molecule is CCCCCC=CCOc1ccc(-c2noc([C@@H]3CCCN3C(=O)O)n2)cc1C(F)(F)F. The third-order valence-electron chi connectivity index (χ3n) is 5.24. The summed E-state index contributed by atoms with van der Waals surface area (Å²) in [5, 5.41) is 13.0. The number of amides is 1. The Morgan fingerprint density at radius 2 is 2.16 bits per heavy atom. The molecule has 0 spiro atoms. The molecule has 10 heteroatoms. The predicted molar refractivity (Wildman–Crippen MR) is 110 cm³/mol. The number of rotatable bonds is 9. The van der Waals surface area contributed by atoms with Crippen molar-refractivity contribution in [2.75, 3.05) is 13.2 Å². The molecule has 1 fully saturated rings. The van der Waals surface area contributed by atoms with E-state index in [9.17, 15) is 23.1 Å². The van der Waals surface area contributed by atoms with Crippen molar-refractivity contribution in [1.29, 1.82) is 0 Å². The molecule has 1 aliphatic heterocycles. The predicted octanol–water partition coefficient (Wildman–Crippen LogP) is 6.09. The molecule has 174 valence electrons. The highest BCUT2D eigenvalue weighted by atomic mass is 19.4. The lowest BCUT2D eigenvalue weighted by Gasteiger charge is -2.17. The summed E-state index contributed by atoms with van der Waals surface area (Å²) < 4.78 is 51.4. The molecule has 0 unspecified atom stereocenters. The van der Waals surface area contributed by atoms with Crippen LogP contribution in [0.3, 0.4) is 0 Å². The maximum Gasteiger partial charge on any atom is 0.419 e. The second kappa shape index (κ2) is 10.5. The van der Waals surface area contributed by atoms with Gasteiger partial charge in [-0.25, -0.2) is 4.79 Å². The van der Waals surface area contributed by atoms with Crippen LogP contribution >= 0.6 is 0 Å². The van der Waals surface area contributed by atoms with Gasteiger partial charge in [0.2, 0.25) is 11.7 Å². The average molecular weight is 453 g/mol. The summed E-state index contributed by atoms with van der Waals surface area (Å²) in [4.78, 5) is 16.7. The molecule has 3 rings (SSSR count). The number of benzene rings is 1. The summed E-state index contributed by atoms with van der Waals surface area (Å²) in [6, 6.07) is 2.98. The first kappa shape index (κ1) is 23.6. The fourth-order valence-corrected chi connectivity index (χ4v) is 3.59. The number of hydrogen-bond acceptors (Lipinski definition) is 5. The topological polar surface area (TPSA) is 88.7 Å². The average Bonchev–Trinajstić information content (AvgIpc) is 3.42. The molecular weight excluding hydrogens is 427 g/mol. The molecule has 32 heavy (non-hydrogen) atoms. The van der Waals surface area contributed by atoms with E-state index in [1.807, 2.05) is 6.08 Å². The molecule has 0 aliphatic carbocycles. The first-order valence-electron chi connectivity index (χ1n) is 10.6. The number of unbranched alkanes of at least 4 members (excludes halogenated alkanes) is 3. The molecule has 0 saturated carbocycles. The highest BCUT2D eigenvalue weighted by Crippen LogP contribution is 2.39. The van der Waals surface area contributed by atoms with E-state index in [2.05, 4.69) is 17.1 Å². The Morgan fingerprint density at radius 1 is 1.34 bits per heavy atom. The van der Waals surface area contributed by atoms with E-state index < -0.39 is 23.9 Å². The molecule has 2 aromatic rings.